The van der Waals surface area contributed by atoms with Gasteiger partial charge in [0.05, 0.1) is 12.1 Å². The number of carboxylic acids is 1. The third kappa shape index (κ3) is 4.92. The molecule has 0 aromatic heterocycles. The van der Waals surface area contributed by atoms with Crippen molar-refractivity contribution in [3.63, 3.8) is 0 Å². The zero-order valence-electron chi connectivity index (χ0n) is 19.3. The van der Waals surface area contributed by atoms with Gasteiger partial charge in [0.2, 0.25) is 5.91 Å². The van der Waals surface area contributed by atoms with Gasteiger partial charge in [0, 0.05) is 12.3 Å². The quantitative estimate of drug-likeness (QED) is 0.450. The first-order chi connectivity index (χ1) is 16.1. The van der Waals surface area contributed by atoms with Crippen molar-refractivity contribution in [3.05, 3.63) is 59.7 Å². The summed E-state index contributed by atoms with van der Waals surface area (Å²) in [5.41, 5.74) is 1.62. The van der Waals surface area contributed by atoms with Crippen LogP contribution in [0.25, 0.3) is 11.1 Å². The highest BCUT2D eigenvalue weighted by molar-refractivity contribution is 5.82. The highest BCUT2D eigenvalue weighted by Crippen LogP contribution is 2.45. The standard InChI is InChI=1S/C26H30N2O6/c1-25(16-11-12-16,13-22(29)27-15-26(2,33)23(30)31)28-24(32)34-14-21-19-9-5-3-7-17(19)18-8-4-6-10-20(18)21/h3-10,16,21,33H,11-15H2,1-2H3,(H,27,29)(H,28,32)(H,30,31). The molecular formula is C26H30N2O6. The zero-order chi connectivity index (χ0) is 24.5. The van der Waals surface area contributed by atoms with Gasteiger partial charge in [-0.3, -0.25) is 4.79 Å². The summed E-state index contributed by atoms with van der Waals surface area (Å²) in [5, 5.41) is 24.1. The Hall–Kier alpha value is -3.39. The number of fused-ring (bicyclic) bond motifs is 3. The van der Waals surface area contributed by atoms with Gasteiger partial charge in [0.15, 0.2) is 5.60 Å². The van der Waals surface area contributed by atoms with E-state index in [0.717, 1.165) is 42.0 Å². The molecule has 8 nitrogen and oxygen atoms in total. The minimum Gasteiger partial charge on any atom is -0.479 e. The lowest BCUT2D eigenvalue weighted by molar-refractivity contribution is -0.156. The average Bonchev–Trinajstić information content (AvgIpc) is 3.60. The molecule has 2 aliphatic carbocycles. The first-order valence-corrected chi connectivity index (χ1v) is 11.5. The molecule has 4 rings (SSSR count). The van der Waals surface area contributed by atoms with Crippen LogP contribution < -0.4 is 10.6 Å². The largest absolute Gasteiger partial charge is 0.479 e. The van der Waals surface area contributed by atoms with Crippen molar-refractivity contribution >= 4 is 18.0 Å². The Kier molecular flexibility index (Phi) is 6.36. The molecule has 0 aliphatic heterocycles. The summed E-state index contributed by atoms with van der Waals surface area (Å²) in [6, 6.07) is 16.2. The van der Waals surface area contributed by atoms with E-state index in [-0.39, 0.29) is 24.9 Å². The van der Waals surface area contributed by atoms with Crippen LogP contribution in [0.15, 0.2) is 48.5 Å². The monoisotopic (exact) mass is 466 g/mol. The van der Waals surface area contributed by atoms with Gasteiger partial charge in [-0.25, -0.2) is 9.59 Å². The van der Waals surface area contributed by atoms with Crippen molar-refractivity contribution in [1.29, 1.82) is 0 Å². The van der Waals surface area contributed by atoms with E-state index in [0.29, 0.717) is 0 Å². The van der Waals surface area contributed by atoms with Crippen molar-refractivity contribution in [1.82, 2.24) is 10.6 Å². The van der Waals surface area contributed by atoms with Gasteiger partial charge in [-0.1, -0.05) is 48.5 Å². The lowest BCUT2D eigenvalue weighted by Gasteiger charge is -2.31. The molecule has 180 valence electrons. The fraction of sp³-hybridized carbons (Fsp3) is 0.423. The molecule has 0 radical (unpaired) electrons. The Morgan fingerprint density at radius 3 is 2.09 bits per heavy atom. The molecule has 0 saturated heterocycles. The molecule has 2 aliphatic rings. The van der Waals surface area contributed by atoms with Crippen LogP contribution in [0.3, 0.4) is 0 Å². The van der Waals surface area contributed by atoms with Crippen molar-refractivity contribution in [3.8, 4) is 11.1 Å². The third-order valence-electron chi connectivity index (χ3n) is 6.83. The molecule has 1 fully saturated rings. The number of alkyl carbamates (subject to hydrolysis) is 1. The van der Waals surface area contributed by atoms with E-state index in [9.17, 15) is 19.5 Å². The Labute approximate surface area is 198 Å². The van der Waals surface area contributed by atoms with E-state index >= 15 is 0 Å². The number of benzene rings is 2. The number of nitrogens with one attached hydrogen (secondary N) is 2. The maximum Gasteiger partial charge on any atom is 0.407 e. The van der Waals surface area contributed by atoms with Gasteiger partial charge in [0.1, 0.15) is 6.61 Å². The molecule has 4 N–H and O–H groups in total. The van der Waals surface area contributed by atoms with Crippen molar-refractivity contribution in [2.45, 2.75) is 50.2 Å². The van der Waals surface area contributed by atoms with Crippen molar-refractivity contribution in [2.75, 3.05) is 13.2 Å². The highest BCUT2D eigenvalue weighted by atomic mass is 16.5. The summed E-state index contributed by atoms with van der Waals surface area (Å²) < 4.78 is 5.64. The number of carbonyl (C=O) groups is 3. The summed E-state index contributed by atoms with van der Waals surface area (Å²) in [7, 11) is 0. The number of aliphatic carboxylic acids is 1. The zero-order valence-corrected chi connectivity index (χ0v) is 19.3. The van der Waals surface area contributed by atoms with Crippen LogP contribution in [0.4, 0.5) is 4.79 Å². The highest BCUT2D eigenvalue weighted by Gasteiger charge is 2.45. The number of hydrogen-bond donors (Lipinski definition) is 4. The van der Waals surface area contributed by atoms with Crippen molar-refractivity contribution in [2.24, 2.45) is 5.92 Å². The molecule has 34 heavy (non-hydrogen) atoms. The van der Waals surface area contributed by atoms with E-state index in [4.69, 9.17) is 9.84 Å². The number of carboxylic acid groups (broad SMARTS) is 1. The summed E-state index contributed by atoms with van der Waals surface area (Å²) in [6.07, 6.45) is 1.11. The van der Waals surface area contributed by atoms with E-state index in [2.05, 4.69) is 22.8 Å². The lowest BCUT2D eigenvalue weighted by Crippen LogP contribution is -2.53. The molecule has 2 aromatic rings. The van der Waals surface area contributed by atoms with E-state index in [1.807, 2.05) is 36.4 Å². The molecule has 0 spiro atoms. The fourth-order valence-electron chi connectivity index (χ4n) is 4.62. The first-order valence-electron chi connectivity index (χ1n) is 11.5. The second-order valence-electron chi connectivity index (χ2n) is 9.67. The summed E-state index contributed by atoms with van der Waals surface area (Å²) in [5.74, 6) is -1.81. The molecule has 2 amide bonds. The SMILES string of the molecule is CC(O)(CNC(=O)CC(C)(NC(=O)OCC1c2ccccc2-c2ccccc21)C1CC1)C(=O)O. The van der Waals surface area contributed by atoms with Crippen molar-refractivity contribution < 1.29 is 29.3 Å². The number of amides is 2. The van der Waals surface area contributed by atoms with Gasteiger partial charge in [-0.05, 0) is 54.9 Å². The molecule has 8 heteroatoms. The smallest absolute Gasteiger partial charge is 0.407 e. The lowest BCUT2D eigenvalue weighted by atomic mass is 9.91. The van der Waals surface area contributed by atoms with E-state index < -0.39 is 35.7 Å². The van der Waals surface area contributed by atoms with Crippen LogP contribution >= 0.6 is 0 Å². The molecule has 2 unspecified atom stereocenters. The average molecular weight is 467 g/mol. The van der Waals surface area contributed by atoms with Gasteiger partial charge in [-0.2, -0.15) is 0 Å². The van der Waals surface area contributed by atoms with Crippen LogP contribution in [0.2, 0.25) is 0 Å². The molecule has 1 saturated carbocycles. The Balaban J connectivity index is 1.38. The van der Waals surface area contributed by atoms with E-state index in [1.165, 1.54) is 0 Å². The molecular weight excluding hydrogens is 436 g/mol. The normalized spacial score (nSPS) is 18.1. The minimum atomic E-state index is -2.06. The number of hydrogen-bond acceptors (Lipinski definition) is 5. The predicted octanol–water partition coefficient (Wildman–Crippen LogP) is 3.04. The second-order valence-corrected chi connectivity index (χ2v) is 9.67. The molecule has 0 heterocycles. The number of rotatable bonds is 9. The predicted molar refractivity (Wildman–Crippen MR) is 125 cm³/mol. The van der Waals surface area contributed by atoms with Crippen LogP contribution in [0.1, 0.15) is 50.2 Å². The van der Waals surface area contributed by atoms with Crippen LogP contribution in [-0.2, 0) is 14.3 Å². The third-order valence-corrected chi connectivity index (χ3v) is 6.83. The van der Waals surface area contributed by atoms with Crippen LogP contribution in [-0.4, -0.2) is 52.5 Å². The summed E-state index contributed by atoms with van der Waals surface area (Å²) >= 11 is 0. The topological polar surface area (TPSA) is 125 Å². The maximum atomic E-state index is 12.8. The maximum absolute atomic E-state index is 12.8. The minimum absolute atomic E-state index is 0.0441. The number of aliphatic hydroxyl groups is 1. The second kappa shape index (κ2) is 9.10. The van der Waals surface area contributed by atoms with E-state index in [1.54, 1.807) is 6.92 Å². The van der Waals surface area contributed by atoms with Crippen LogP contribution in [0, 0.1) is 5.92 Å². The van der Waals surface area contributed by atoms with Crippen LogP contribution in [0.5, 0.6) is 0 Å². The van der Waals surface area contributed by atoms with Gasteiger partial charge >= 0.3 is 12.1 Å². The number of ether oxygens (including phenoxy) is 1. The Bertz CT molecular complexity index is 1060. The first kappa shape index (κ1) is 23.8. The summed E-state index contributed by atoms with van der Waals surface area (Å²) in [6.45, 7) is 2.66. The molecule has 0 bridgehead atoms. The molecule has 2 aromatic carbocycles. The Morgan fingerprint density at radius 1 is 1.00 bits per heavy atom. The fourth-order valence-corrected chi connectivity index (χ4v) is 4.62. The molecule has 2 atom stereocenters. The van der Waals surface area contributed by atoms with Gasteiger partial charge in [-0.15, -0.1) is 0 Å². The van der Waals surface area contributed by atoms with Gasteiger partial charge < -0.3 is 25.6 Å². The Morgan fingerprint density at radius 2 is 1.56 bits per heavy atom. The van der Waals surface area contributed by atoms with Gasteiger partial charge in [0.25, 0.3) is 0 Å². The number of carbonyl (C=O) groups excluding carboxylic acids is 2. The summed E-state index contributed by atoms with van der Waals surface area (Å²) in [4.78, 5) is 36.3.